The number of ether oxygens (including phenoxy) is 1. The van der Waals surface area contributed by atoms with Gasteiger partial charge >= 0.3 is 12.1 Å². The smallest absolute Gasteiger partial charge is 0.416 e. The monoisotopic (exact) mass is 483 g/mol. The van der Waals surface area contributed by atoms with Crippen LogP contribution < -0.4 is 9.84 Å². The number of hydrogen-bond acceptors (Lipinski definition) is 4. The van der Waals surface area contributed by atoms with Crippen molar-refractivity contribution in [3.63, 3.8) is 0 Å². The van der Waals surface area contributed by atoms with Crippen LogP contribution in [0.5, 0.6) is 5.75 Å². The van der Waals surface area contributed by atoms with E-state index in [0.29, 0.717) is 10.8 Å². The molecule has 0 radical (unpaired) electrons. The van der Waals surface area contributed by atoms with Crippen molar-refractivity contribution < 1.29 is 32.6 Å². The van der Waals surface area contributed by atoms with Gasteiger partial charge in [-0.3, -0.25) is 0 Å². The van der Waals surface area contributed by atoms with E-state index in [1.54, 1.807) is 42.5 Å². The number of benzene rings is 6. The molecule has 0 fully saturated rings. The van der Waals surface area contributed by atoms with Crippen LogP contribution in [0.4, 0.5) is 13.2 Å². The highest BCUT2D eigenvalue weighted by molar-refractivity contribution is 6.35. The second-order valence-corrected chi connectivity index (χ2v) is 8.48. The number of rotatable bonds is 3. The van der Waals surface area contributed by atoms with Crippen LogP contribution in [0.25, 0.3) is 43.1 Å². The standard InChI is InChI=1S/C29H15F3O4/c30-29(31,32)15-7-9-16(10-8-15)36-28(35)24-14-12-22-17-3-1-5-19-23(27(33)34)13-11-21(25(17)19)18-4-2-6-20(24)26(18)22/h1-14H,(H,33,34)/p-1. The van der Waals surface area contributed by atoms with Crippen LogP contribution in [0.1, 0.15) is 26.3 Å². The summed E-state index contributed by atoms with van der Waals surface area (Å²) in [6.45, 7) is 0. The molecule has 6 rings (SSSR count). The average molecular weight is 483 g/mol. The summed E-state index contributed by atoms with van der Waals surface area (Å²) >= 11 is 0. The summed E-state index contributed by atoms with van der Waals surface area (Å²) in [5.74, 6) is -1.96. The molecule has 0 unspecified atom stereocenters. The number of alkyl halides is 3. The summed E-state index contributed by atoms with van der Waals surface area (Å²) in [5, 5.41) is 17.8. The van der Waals surface area contributed by atoms with Crippen molar-refractivity contribution in [1.29, 1.82) is 0 Å². The van der Waals surface area contributed by atoms with Gasteiger partial charge in [0.2, 0.25) is 0 Å². The number of carboxylic acids is 1. The normalized spacial score (nSPS) is 12.1. The van der Waals surface area contributed by atoms with Gasteiger partial charge < -0.3 is 14.6 Å². The third-order valence-corrected chi connectivity index (χ3v) is 6.49. The fraction of sp³-hybridized carbons (Fsp3) is 0.0345. The van der Waals surface area contributed by atoms with E-state index in [9.17, 15) is 27.9 Å². The molecule has 0 saturated heterocycles. The van der Waals surface area contributed by atoms with Crippen molar-refractivity contribution in [2.24, 2.45) is 0 Å². The van der Waals surface area contributed by atoms with Crippen molar-refractivity contribution in [3.8, 4) is 5.75 Å². The molecule has 0 saturated carbocycles. The molecule has 0 amide bonds. The van der Waals surface area contributed by atoms with Crippen LogP contribution in [0.15, 0.2) is 84.9 Å². The van der Waals surface area contributed by atoms with Crippen LogP contribution in [0.3, 0.4) is 0 Å². The summed E-state index contributed by atoms with van der Waals surface area (Å²) in [6.07, 6.45) is -4.49. The number of aromatic carboxylic acids is 1. The minimum atomic E-state index is -4.49. The summed E-state index contributed by atoms with van der Waals surface area (Å²) in [7, 11) is 0. The Morgan fingerprint density at radius 3 is 1.61 bits per heavy atom. The summed E-state index contributed by atoms with van der Waals surface area (Å²) in [4.78, 5) is 24.8. The molecule has 6 aromatic rings. The Labute approximate surface area is 201 Å². The van der Waals surface area contributed by atoms with Crippen molar-refractivity contribution in [2.75, 3.05) is 0 Å². The largest absolute Gasteiger partial charge is 0.545 e. The fourth-order valence-electron chi connectivity index (χ4n) is 4.94. The molecule has 36 heavy (non-hydrogen) atoms. The first-order chi connectivity index (χ1) is 17.2. The zero-order valence-electron chi connectivity index (χ0n) is 18.3. The lowest BCUT2D eigenvalue weighted by atomic mass is 9.87. The third-order valence-electron chi connectivity index (χ3n) is 6.49. The molecule has 0 aliphatic heterocycles. The minimum Gasteiger partial charge on any atom is -0.545 e. The number of hydrogen-bond donors (Lipinski definition) is 0. The Balaban J connectivity index is 1.54. The first-order valence-electron chi connectivity index (χ1n) is 11.0. The molecule has 0 bridgehead atoms. The quantitative estimate of drug-likeness (QED) is 0.128. The van der Waals surface area contributed by atoms with Crippen LogP contribution in [0, 0.1) is 0 Å². The number of halogens is 3. The predicted octanol–water partition coefficient (Wildman–Crippen LogP) is 6.34. The molecule has 0 N–H and O–H groups in total. The Kier molecular flexibility index (Phi) is 4.66. The number of fused-ring (bicyclic) bond motifs is 2. The maximum Gasteiger partial charge on any atom is 0.416 e. The SMILES string of the molecule is O=C([O-])c1ccc2c3cccc4c(C(=O)Oc5ccc(C(F)(F)F)cc5)ccc(c5cccc1c25)c43. The zero-order chi connectivity index (χ0) is 25.2. The highest BCUT2D eigenvalue weighted by Crippen LogP contribution is 2.42. The van der Waals surface area contributed by atoms with Gasteiger partial charge in [0, 0.05) is 5.56 Å². The molecule has 176 valence electrons. The van der Waals surface area contributed by atoms with E-state index in [-0.39, 0.29) is 16.9 Å². The van der Waals surface area contributed by atoms with E-state index in [4.69, 9.17) is 4.74 Å². The maximum absolute atomic E-state index is 13.1. The highest BCUT2D eigenvalue weighted by Gasteiger charge is 2.30. The summed E-state index contributed by atoms with van der Waals surface area (Å²) < 4.78 is 43.9. The highest BCUT2D eigenvalue weighted by atomic mass is 19.4. The van der Waals surface area contributed by atoms with Crippen LogP contribution in [-0.2, 0) is 6.18 Å². The van der Waals surface area contributed by atoms with E-state index < -0.39 is 23.7 Å². The Bertz CT molecular complexity index is 1820. The molecule has 0 aromatic heterocycles. The molecule has 6 aromatic carbocycles. The van der Waals surface area contributed by atoms with E-state index >= 15 is 0 Å². The van der Waals surface area contributed by atoms with Crippen molar-refractivity contribution >= 4 is 55.0 Å². The first kappa shape index (κ1) is 21.9. The Morgan fingerprint density at radius 2 is 1.08 bits per heavy atom. The van der Waals surface area contributed by atoms with Gasteiger partial charge in [0.1, 0.15) is 5.75 Å². The Hall–Kier alpha value is -4.65. The second kappa shape index (κ2) is 7.68. The first-order valence-corrected chi connectivity index (χ1v) is 11.0. The topological polar surface area (TPSA) is 66.4 Å². The molecule has 0 atom stereocenters. The number of esters is 1. The van der Waals surface area contributed by atoms with Gasteiger partial charge in [-0.05, 0) is 73.4 Å². The van der Waals surface area contributed by atoms with Gasteiger partial charge in [0.25, 0.3) is 0 Å². The van der Waals surface area contributed by atoms with Gasteiger partial charge in [-0.1, -0.05) is 54.6 Å². The molecule has 0 spiro atoms. The molecule has 0 aliphatic rings. The van der Waals surface area contributed by atoms with Gasteiger partial charge in [-0.15, -0.1) is 0 Å². The summed E-state index contributed by atoms with van der Waals surface area (Å²) in [6, 6.07) is 21.5. The number of carbonyl (C=O) groups excluding carboxylic acids is 2. The van der Waals surface area contributed by atoms with Crippen LogP contribution >= 0.6 is 0 Å². The lowest BCUT2D eigenvalue weighted by Gasteiger charge is -2.17. The maximum atomic E-state index is 13.1. The van der Waals surface area contributed by atoms with E-state index in [0.717, 1.165) is 56.6 Å². The molecule has 0 aliphatic carbocycles. The van der Waals surface area contributed by atoms with E-state index in [1.807, 2.05) is 12.1 Å². The third kappa shape index (κ3) is 3.24. The van der Waals surface area contributed by atoms with Crippen LogP contribution in [0.2, 0.25) is 0 Å². The van der Waals surface area contributed by atoms with Gasteiger partial charge in [-0.2, -0.15) is 13.2 Å². The van der Waals surface area contributed by atoms with E-state index in [2.05, 4.69) is 0 Å². The van der Waals surface area contributed by atoms with Gasteiger partial charge in [0.05, 0.1) is 17.1 Å². The molecule has 4 nitrogen and oxygen atoms in total. The summed E-state index contributed by atoms with van der Waals surface area (Å²) in [5.41, 5.74) is -0.473. The average Bonchev–Trinajstić information content (AvgIpc) is 2.86. The minimum absolute atomic E-state index is 0.00148. The number of carbonyl (C=O) groups is 2. The number of carboxylic acid groups (broad SMARTS) is 1. The van der Waals surface area contributed by atoms with Crippen LogP contribution in [-0.4, -0.2) is 11.9 Å². The van der Waals surface area contributed by atoms with Gasteiger partial charge in [-0.25, -0.2) is 4.79 Å². The van der Waals surface area contributed by atoms with Crippen molar-refractivity contribution in [3.05, 3.63) is 102 Å². The lowest BCUT2D eigenvalue weighted by molar-refractivity contribution is -0.254. The molecule has 7 heteroatoms. The predicted molar refractivity (Wildman–Crippen MR) is 128 cm³/mol. The van der Waals surface area contributed by atoms with Crippen molar-refractivity contribution in [2.45, 2.75) is 6.18 Å². The fourth-order valence-corrected chi connectivity index (χ4v) is 4.94. The van der Waals surface area contributed by atoms with Gasteiger partial charge in [0.15, 0.2) is 0 Å². The Morgan fingerprint density at radius 1 is 0.611 bits per heavy atom. The lowest BCUT2D eigenvalue weighted by Crippen LogP contribution is -2.22. The molecular formula is C29H14F3O4-. The van der Waals surface area contributed by atoms with Crippen molar-refractivity contribution in [1.82, 2.24) is 0 Å². The molecule has 0 heterocycles. The van der Waals surface area contributed by atoms with E-state index in [1.165, 1.54) is 6.07 Å². The zero-order valence-corrected chi connectivity index (χ0v) is 18.3. The molecular weight excluding hydrogens is 469 g/mol. The second-order valence-electron chi connectivity index (χ2n) is 8.48.